The highest BCUT2D eigenvalue weighted by Crippen LogP contribution is 2.20. The molecule has 2 aromatic carbocycles. The molecule has 6 nitrogen and oxygen atoms in total. The zero-order chi connectivity index (χ0) is 18.4. The molecular weight excluding hydrogens is 338 g/mol. The Morgan fingerprint density at radius 3 is 2.60 bits per heavy atom. The van der Waals surface area contributed by atoms with Gasteiger partial charge >= 0.3 is 0 Å². The predicted octanol–water partition coefficient (Wildman–Crippen LogP) is 2.89. The molecule has 1 amide bonds. The van der Waals surface area contributed by atoms with Crippen LogP contribution in [0.1, 0.15) is 36.2 Å². The molecule has 0 bridgehead atoms. The first-order chi connectivity index (χ1) is 11.9. The Hall–Kier alpha value is -2.85. The topological polar surface area (TPSA) is 99.1 Å². The summed E-state index contributed by atoms with van der Waals surface area (Å²) >= 11 is 0. The normalized spacial score (nSPS) is 12.0. The van der Waals surface area contributed by atoms with E-state index in [1.54, 1.807) is 18.2 Å². The fourth-order valence-electron chi connectivity index (χ4n) is 2.09. The summed E-state index contributed by atoms with van der Waals surface area (Å²) in [5.41, 5.74) is 0.674. The molecule has 2 rings (SSSR count). The average molecular weight is 357 g/mol. The molecule has 1 atom stereocenters. The molecule has 0 radical (unpaired) electrons. The van der Waals surface area contributed by atoms with Crippen LogP contribution in [0.15, 0.2) is 53.4 Å². The van der Waals surface area contributed by atoms with E-state index in [2.05, 4.69) is 10.0 Å². The predicted molar refractivity (Wildman–Crippen MR) is 95.6 cm³/mol. The maximum absolute atomic E-state index is 12.6. The molecule has 2 N–H and O–H groups in total. The number of nitrogens with zero attached hydrogens (tertiary/aromatic N) is 1. The number of anilines is 1. The standard InChI is InChI=1S/C18H19N3O3S/c1-3-13(2)20-18(22)14-8-6-9-16(11-14)25(23,24)21-17-10-5-4-7-15(17)12-19/h4-11,13,21H,3H2,1-2H3,(H,20,22). The summed E-state index contributed by atoms with van der Waals surface area (Å²) in [7, 11) is -3.92. The van der Waals surface area contributed by atoms with Crippen molar-refractivity contribution in [2.24, 2.45) is 0 Å². The molecule has 130 valence electrons. The lowest BCUT2D eigenvalue weighted by atomic mass is 10.2. The number of benzene rings is 2. The maximum Gasteiger partial charge on any atom is 0.261 e. The van der Waals surface area contributed by atoms with Crippen molar-refractivity contribution >= 4 is 21.6 Å². The van der Waals surface area contributed by atoms with Crippen molar-refractivity contribution in [1.29, 1.82) is 5.26 Å². The Balaban J connectivity index is 2.30. The van der Waals surface area contributed by atoms with E-state index in [-0.39, 0.29) is 33.7 Å². The van der Waals surface area contributed by atoms with E-state index >= 15 is 0 Å². The highest BCUT2D eigenvalue weighted by Gasteiger charge is 2.18. The lowest BCUT2D eigenvalue weighted by Crippen LogP contribution is -2.32. The van der Waals surface area contributed by atoms with E-state index in [1.807, 2.05) is 19.9 Å². The van der Waals surface area contributed by atoms with E-state index in [9.17, 15) is 13.2 Å². The van der Waals surface area contributed by atoms with Gasteiger partial charge in [-0.2, -0.15) is 5.26 Å². The number of sulfonamides is 1. The van der Waals surface area contributed by atoms with Crippen LogP contribution in [0.5, 0.6) is 0 Å². The molecule has 0 saturated carbocycles. The van der Waals surface area contributed by atoms with Gasteiger partial charge in [0.05, 0.1) is 16.1 Å². The first-order valence-electron chi connectivity index (χ1n) is 7.80. The van der Waals surface area contributed by atoms with Gasteiger partial charge in [-0.15, -0.1) is 0 Å². The van der Waals surface area contributed by atoms with Crippen LogP contribution in [0.4, 0.5) is 5.69 Å². The Labute approximate surface area is 147 Å². The number of para-hydroxylation sites is 1. The Kier molecular flexibility index (Phi) is 5.78. The largest absolute Gasteiger partial charge is 0.350 e. The van der Waals surface area contributed by atoms with Crippen LogP contribution in [-0.4, -0.2) is 20.4 Å². The summed E-state index contributed by atoms with van der Waals surface area (Å²) < 4.78 is 27.5. The van der Waals surface area contributed by atoms with Crippen LogP contribution in [0.2, 0.25) is 0 Å². The molecule has 0 fully saturated rings. The fourth-order valence-corrected chi connectivity index (χ4v) is 3.21. The molecule has 0 saturated heterocycles. The highest BCUT2D eigenvalue weighted by atomic mass is 32.2. The zero-order valence-corrected chi connectivity index (χ0v) is 14.8. The zero-order valence-electron chi connectivity index (χ0n) is 14.0. The summed E-state index contributed by atoms with van der Waals surface area (Å²) in [5, 5.41) is 11.9. The smallest absolute Gasteiger partial charge is 0.261 e. The minimum Gasteiger partial charge on any atom is -0.350 e. The number of carbonyl (C=O) groups excluding carboxylic acids is 1. The molecule has 0 heterocycles. The highest BCUT2D eigenvalue weighted by molar-refractivity contribution is 7.92. The van der Waals surface area contributed by atoms with Crippen molar-refractivity contribution in [2.45, 2.75) is 31.2 Å². The minimum absolute atomic E-state index is 0.00612. The number of hydrogen-bond acceptors (Lipinski definition) is 4. The minimum atomic E-state index is -3.92. The molecule has 25 heavy (non-hydrogen) atoms. The molecule has 1 unspecified atom stereocenters. The first-order valence-corrected chi connectivity index (χ1v) is 9.28. The summed E-state index contributed by atoms with van der Waals surface area (Å²) in [6.07, 6.45) is 0.774. The molecule has 0 aromatic heterocycles. The second kappa shape index (κ2) is 7.81. The van der Waals surface area contributed by atoms with Gasteiger partial charge in [-0.3, -0.25) is 9.52 Å². The molecule has 0 aliphatic heterocycles. The van der Waals surface area contributed by atoms with Gasteiger partial charge in [-0.1, -0.05) is 25.1 Å². The van der Waals surface area contributed by atoms with E-state index in [0.29, 0.717) is 0 Å². The summed E-state index contributed by atoms with van der Waals surface area (Å²) in [6, 6.07) is 14.0. The third-order valence-corrected chi connectivity index (χ3v) is 5.05. The van der Waals surface area contributed by atoms with Gasteiger partial charge < -0.3 is 5.32 Å². The van der Waals surface area contributed by atoms with Gasteiger partial charge in [0.15, 0.2) is 0 Å². The fraction of sp³-hybridized carbons (Fsp3) is 0.222. The Bertz CT molecular complexity index is 917. The molecule has 0 spiro atoms. The molecule has 0 aliphatic rings. The van der Waals surface area contributed by atoms with Gasteiger partial charge in [0, 0.05) is 11.6 Å². The second-order valence-electron chi connectivity index (χ2n) is 5.57. The third kappa shape index (κ3) is 4.58. The van der Waals surface area contributed by atoms with Crippen molar-refractivity contribution in [2.75, 3.05) is 4.72 Å². The van der Waals surface area contributed by atoms with Crippen molar-refractivity contribution in [3.05, 3.63) is 59.7 Å². The van der Waals surface area contributed by atoms with Crippen LogP contribution in [-0.2, 0) is 10.0 Å². The van der Waals surface area contributed by atoms with E-state index in [0.717, 1.165) is 6.42 Å². The third-order valence-electron chi connectivity index (χ3n) is 3.69. The lowest BCUT2D eigenvalue weighted by Gasteiger charge is -2.13. The van der Waals surface area contributed by atoms with Crippen LogP contribution in [0.25, 0.3) is 0 Å². The summed E-state index contributed by atoms with van der Waals surface area (Å²) in [4.78, 5) is 12.1. The first kappa shape index (κ1) is 18.5. The van der Waals surface area contributed by atoms with E-state index < -0.39 is 10.0 Å². The van der Waals surface area contributed by atoms with Gasteiger partial charge in [0.1, 0.15) is 6.07 Å². The van der Waals surface area contributed by atoms with Crippen LogP contribution in [0.3, 0.4) is 0 Å². The van der Waals surface area contributed by atoms with Crippen LogP contribution in [0, 0.1) is 11.3 Å². The maximum atomic E-state index is 12.6. The van der Waals surface area contributed by atoms with Gasteiger partial charge in [-0.05, 0) is 43.7 Å². The molecule has 0 aliphatic carbocycles. The number of nitrogens with one attached hydrogen (secondary N) is 2. The molecule has 7 heteroatoms. The van der Waals surface area contributed by atoms with E-state index in [4.69, 9.17) is 5.26 Å². The van der Waals surface area contributed by atoms with E-state index in [1.165, 1.54) is 30.3 Å². The van der Waals surface area contributed by atoms with Gasteiger partial charge in [0.2, 0.25) is 0 Å². The summed E-state index contributed by atoms with van der Waals surface area (Å²) in [6.45, 7) is 3.82. The Morgan fingerprint density at radius 1 is 1.20 bits per heavy atom. The number of amides is 1. The van der Waals surface area contributed by atoms with Gasteiger partial charge in [0.25, 0.3) is 15.9 Å². The number of rotatable bonds is 6. The van der Waals surface area contributed by atoms with Crippen LogP contribution < -0.4 is 10.0 Å². The van der Waals surface area contributed by atoms with Crippen LogP contribution >= 0.6 is 0 Å². The number of carbonyl (C=O) groups is 1. The van der Waals surface area contributed by atoms with Gasteiger partial charge in [-0.25, -0.2) is 8.42 Å². The van der Waals surface area contributed by atoms with Crippen molar-refractivity contribution in [1.82, 2.24) is 5.32 Å². The van der Waals surface area contributed by atoms with Crippen molar-refractivity contribution < 1.29 is 13.2 Å². The number of nitriles is 1. The monoisotopic (exact) mass is 357 g/mol. The second-order valence-corrected chi connectivity index (χ2v) is 7.26. The average Bonchev–Trinajstić information content (AvgIpc) is 2.61. The quantitative estimate of drug-likeness (QED) is 0.830. The van der Waals surface area contributed by atoms with Crippen molar-refractivity contribution in [3.8, 4) is 6.07 Å². The molecule has 2 aromatic rings. The van der Waals surface area contributed by atoms with Crippen molar-refractivity contribution in [3.63, 3.8) is 0 Å². The summed E-state index contributed by atoms with van der Waals surface area (Å²) in [5.74, 6) is -0.330. The lowest BCUT2D eigenvalue weighted by molar-refractivity contribution is 0.0939. The number of hydrogen-bond donors (Lipinski definition) is 2. The molecular formula is C18H19N3O3S. The SMILES string of the molecule is CCC(C)NC(=O)c1cccc(S(=O)(=O)Nc2ccccc2C#N)c1. The Morgan fingerprint density at radius 2 is 1.92 bits per heavy atom.